The molecular weight excluding hydrogens is 348 g/mol. The third-order valence-corrected chi connectivity index (χ3v) is 3.02. The maximum absolute atomic E-state index is 12.9. The van der Waals surface area contributed by atoms with Crippen LogP contribution in [0.25, 0.3) is 11.1 Å². The van der Waals surface area contributed by atoms with Crippen molar-refractivity contribution in [3.8, 4) is 16.9 Å². The largest absolute Gasteiger partial charge is 0.573 e. The molecule has 130 valence electrons. The summed E-state index contributed by atoms with van der Waals surface area (Å²) in [6, 6.07) is 6.29. The van der Waals surface area contributed by atoms with Crippen molar-refractivity contribution in [1.82, 2.24) is 0 Å². The highest BCUT2D eigenvalue weighted by Gasteiger charge is 2.36. The second kappa shape index (κ2) is 6.29. The molecule has 24 heavy (non-hydrogen) atoms. The molecule has 0 aliphatic carbocycles. The topological polar surface area (TPSA) is 9.23 Å². The summed E-state index contributed by atoms with van der Waals surface area (Å²) in [6.45, 7) is 0. The van der Waals surface area contributed by atoms with Gasteiger partial charge in [0.2, 0.25) is 0 Å². The minimum absolute atomic E-state index is 0.252. The fourth-order valence-corrected chi connectivity index (χ4v) is 2.09. The number of rotatable bonds is 3. The normalized spacial score (nSPS) is 12.5. The van der Waals surface area contributed by atoms with E-state index in [0.717, 1.165) is 18.2 Å². The van der Waals surface area contributed by atoms with Gasteiger partial charge in [-0.2, -0.15) is 13.2 Å². The predicted molar refractivity (Wildman–Crippen MR) is 68.5 cm³/mol. The lowest BCUT2D eigenvalue weighted by Gasteiger charge is -2.16. The van der Waals surface area contributed by atoms with Crippen LogP contribution in [-0.2, 0) is 6.18 Å². The summed E-state index contributed by atoms with van der Waals surface area (Å²) in [6.07, 6.45) is -13.5. The molecule has 0 aliphatic rings. The summed E-state index contributed by atoms with van der Waals surface area (Å²) >= 11 is 0. The molecule has 0 radical (unpaired) electrons. The van der Waals surface area contributed by atoms with Crippen molar-refractivity contribution in [3.63, 3.8) is 0 Å². The molecule has 0 bridgehead atoms. The van der Waals surface area contributed by atoms with Crippen LogP contribution in [0.2, 0.25) is 0 Å². The quantitative estimate of drug-likeness (QED) is 0.594. The molecule has 0 amide bonds. The first-order valence-corrected chi connectivity index (χ1v) is 6.33. The van der Waals surface area contributed by atoms with E-state index in [4.69, 9.17) is 0 Å². The van der Waals surface area contributed by atoms with E-state index in [1.54, 1.807) is 0 Å². The van der Waals surface area contributed by atoms with E-state index in [1.165, 1.54) is 12.1 Å². The molecule has 2 aromatic carbocycles. The van der Waals surface area contributed by atoms with Crippen LogP contribution in [0, 0.1) is 0 Å². The zero-order valence-corrected chi connectivity index (χ0v) is 11.6. The Kier molecular flexibility index (Phi) is 4.73. The lowest BCUT2D eigenvalue weighted by molar-refractivity contribution is -0.274. The first-order chi connectivity index (χ1) is 11.0. The summed E-state index contributed by atoms with van der Waals surface area (Å²) in [5.41, 5.74) is -3.37. The Bertz CT molecular complexity index is 718. The van der Waals surface area contributed by atoms with Crippen LogP contribution in [0.15, 0.2) is 42.5 Å². The van der Waals surface area contributed by atoms with Crippen LogP contribution in [0.5, 0.6) is 5.75 Å². The maximum Gasteiger partial charge on any atom is 0.573 e. The second-order valence-electron chi connectivity index (χ2n) is 4.64. The Hall–Kier alpha value is -2.32. The summed E-state index contributed by atoms with van der Waals surface area (Å²) < 4.78 is 105. The van der Waals surface area contributed by atoms with Gasteiger partial charge in [-0.1, -0.05) is 24.3 Å². The lowest BCUT2D eigenvalue weighted by atomic mass is 9.98. The third kappa shape index (κ3) is 4.15. The first-order valence-electron chi connectivity index (χ1n) is 6.33. The summed E-state index contributed by atoms with van der Waals surface area (Å²) in [5, 5.41) is 0. The van der Waals surface area contributed by atoms with Gasteiger partial charge in [-0.15, -0.1) is 13.2 Å². The van der Waals surface area contributed by atoms with Gasteiger partial charge in [-0.3, -0.25) is 0 Å². The summed E-state index contributed by atoms with van der Waals surface area (Å²) in [7, 11) is 0. The lowest BCUT2D eigenvalue weighted by Crippen LogP contribution is -2.17. The number of alkyl halides is 8. The molecule has 0 unspecified atom stereocenters. The van der Waals surface area contributed by atoms with Crippen LogP contribution in [0.1, 0.15) is 17.6 Å². The summed E-state index contributed by atoms with van der Waals surface area (Å²) in [4.78, 5) is 0. The molecule has 0 spiro atoms. The van der Waals surface area contributed by atoms with Crippen LogP contribution in [0.4, 0.5) is 35.1 Å². The number of benzene rings is 2. The molecule has 1 nitrogen and oxygen atoms in total. The van der Waals surface area contributed by atoms with Crippen LogP contribution in [-0.4, -0.2) is 6.36 Å². The van der Waals surface area contributed by atoms with Crippen LogP contribution in [0.3, 0.4) is 0 Å². The Morgan fingerprint density at radius 1 is 0.833 bits per heavy atom. The van der Waals surface area contributed by atoms with Crippen LogP contribution >= 0.6 is 0 Å². The minimum Gasteiger partial charge on any atom is -0.405 e. The molecule has 2 rings (SSSR count). The van der Waals surface area contributed by atoms with Crippen molar-refractivity contribution in [1.29, 1.82) is 0 Å². The van der Waals surface area contributed by atoms with E-state index < -0.39 is 35.8 Å². The average molecular weight is 356 g/mol. The summed E-state index contributed by atoms with van der Waals surface area (Å²) in [5.74, 6) is -0.704. The molecule has 0 aromatic heterocycles. The molecule has 0 heterocycles. The van der Waals surface area contributed by atoms with E-state index in [1.807, 2.05) is 0 Å². The van der Waals surface area contributed by atoms with Gasteiger partial charge in [0.15, 0.2) is 0 Å². The van der Waals surface area contributed by atoms with Gasteiger partial charge in [0, 0.05) is 11.1 Å². The fraction of sp³-hybridized carbons (Fsp3) is 0.200. The molecule has 9 heteroatoms. The van der Waals surface area contributed by atoms with Gasteiger partial charge < -0.3 is 4.74 Å². The van der Waals surface area contributed by atoms with Gasteiger partial charge >= 0.3 is 12.5 Å². The first kappa shape index (κ1) is 18.0. The number of ether oxygens (including phenoxy) is 1. The van der Waals surface area contributed by atoms with Crippen molar-refractivity contribution in [2.24, 2.45) is 0 Å². The minimum atomic E-state index is -5.03. The number of hydrogen-bond donors (Lipinski definition) is 0. The fourth-order valence-electron chi connectivity index (χ4n) is 2.09. The van der Waals surface area contributed by atoms with Crippen molar-refractivity contribution < 1.29 is 39.9 Å². The smallest absolute Gasteiger partial charge is 0.405 e. The molecule has 0 atom stereocenters. The zero-order valence-electron chi connectivity index (χ0n) is 11.6. The molecule has 0 saturated carbocycles. The molecule has 0 N–H and O–H groups in total. The van der Waals surface area contributed by atoms with E-state index in [0.29, 0.717) is 12.1 Å². The van der Waals surface area contributed by atoms with Gasteiger partial charge in [-0.25, -0.2) is 8.78 Å². The van der Waals surface area contributed by atoms with Crippen molar-refractivity contribution >= 4 is 0 Å². The second-order valence-corrected chi connectivity index (χ2v) is 4.64. The molecule has 2 aromatic rings. The van der Waals surface area contributed by atoms with Crippen molar-refractivity contribution in [3.05, 3.63) is 53.6 Å². The molecule has 0 aliphatic heterocycles. The van der Waals surface area contributed by atoms with Crippen molar-refractivity contribution in [2.75, 3.05) is 0 Å². The highest BCUT2D eigenvalue weighted by Crippen LogP contribution is 2.40. The monoisotopic (exact) mass is 356 g/mol. The molecule has 0 fully saturated rings. The molecular formula is C15H8F8O. The molecule has 0 saturated heterocycles. The highest BCUT2D eigenvalue weighted by molar-refractivity contribution is 5.71. The van der Waals surface area contributed by atoms with E-state index in [9.17, 15) is 35.1 Å². The van der Waals surface area contributed by atoms with Crippen molar-refractivity contribution in [2.45, 2.75) is 19.0 Å². The third-order valence-electron chi connectivity index (χ3n) is 3.02. The maximum atomic E-state index is 12.9. The number of para-hydroxylation sites is 1. The predicted octanol–water partition coefficient (Wildman–Crippen LogP) is 6.21. The van der Waals surface area contributed by atoms with E-state index >= 15 is 0 Å². The van der Waals surface area contributed by atoms with Gasteiger partial charge in [0.1, 0.15) is 5.75 Å². The van der Waals surface area contributed by atoms with Crippen LogP contribution < -0.4 is 4.74 Å². The Morgan fingerprint density at radius 3 is 2.00 bits per heavy atom. The highest BCUT2D eigenvalue weighted by atomic mass is 19.4. The Labute approximate surface area is 130 Å². The van der Waals surface area contributed by atoms with Gasteiger partial charge in [0.25, 0.3) is 6.43 Å². The standard InChI is InChI=1S/C15H8F8O/c16-13(17)10-7-8(5-6-11(10)14(18,19)20)9-3-1-2-4-12(9)24-15(21,22)23/h1-7,13H. The zero-order chi connectivity index (χ0) is 18.1. The van der Waals surface area contributed by atoms with E-state index in [2.05, 4.69) is 4.74 Å². The Balaban J connectivity index is 2.57. The number of halogens is 8. The average Bonchev–Trinajstić information content (AvgIpc) is 2.44. The Morgan fingerprint density at radius 2 is 1.46 bits per heavy atom. The SMILES string of the molecule is FC(F)c1cc(-c2ccccc2OC(F)(F)F)ccc1C(F)(F)F. The number of hydrogen-bond acceptors (Lipinski definition) is 1. The van der Waals surface area contributed by atoms with Gasteiger partial charge in [0.05, 0.1) is 5.56 Å². The van der Waals surface area contributed by atoms with E-state index in [-0.39, 0.29) is 11.1 Å². The van der Waals surface area contributed by atoms with Gasteiger partial charge in [-0.05, 0) is 23.8 Å².